The Kier molecular flexibility index (Phi) is 3.60. The molecule has 0 bridgehead atoms. The van der Waals surface area contributed by atoms with Gasteiger partial charge in [-0.05, 0) is 24.6 Å². The van der Waals surface area contributed by atoms with E-state index in [1.54, 1.807) is 0 Å². The highest BCUT2D eigenvalue weighted by molar-refractivity contribution is 6.17. The molecule has 2 aromatic carbocycles. The molecule has 0 spiro atoms. The summed E-state index contributed by atoms with van der Waals surface area (Å²) in [6, 6.07) is 19.4. The van der Waals surface area contributed by atoms with Gasteiger partial charge in [0, 0.05) is 6.54 Å². The number of nitrogens with zero attached hydrogens (tertiary/aromatic N) is 3. The number of hydrogen-bond donors (Lipinski definition) is 0. The van der Waals surface area contributed by atoms with Crippen LogP contribution in [0, 0.1) is 0 Å². The number of rotatable bonds is 2. The summed E-state index contributed by atoms with van der Waals surface area (Å²) in [6.45, 7) is 4.07. The van der Waals surface area contributed by atoms with Crippen LogP contribution in [0.3, 0.4) is 0 Å². The van der Waals surface area contributed by atoms with Crippen LogP contribution in [0.1, 0.15) is 18.5 Å². The van der Waals surface area contributed by atoms with Crippen LogP contribution in [0.15, 0.2) is 59.6 Å². The van der Waals surface area contributed by atoms with Crippen molar-refractivity contribution < 1.29 is 0 Å². The van der Waals surface area contributed by atoms with E-state index in [0.29, 0.717) is 0 Å². The molecule has 0 saturated heterocycles. The molecule has 2 heterocycles. The Morgan fingerprint density at radius 1 is 1.00 bits per heavy atom. The lowest BCUT2D eigenvalue weighted by Gasteiger charge is -2.16. The van der Waals surface area contributed by atoms with Crippen LogP contribution >= 0.6 is 12.4 Å². The molecule has 0 amide bonds. The average molecular weight is 300 g/mol. The van der Waals surface area contributed by atoms with Gasteiger partial charge < -0.3 is 9.80 Å². The number of guanidine groups is 1. The monoisotopic (exact) mass is 299 g/mol. The molecular formula is C17H18ClN3. The van der Waals surface area contributed by atoms with Crippen molar-refractivity contribution in [1.82, 2.24) is 0 Å². The van der Waals surface area contributed by atoms with Crippen molar-refractivity contribution in [2.45, 2.75) is 13.0 Å². The van der Waals surface area contributed by atoms with Gasteiger partial charge in [0.15, 0.2) is 0 Å². The van der Waals surface area contributed by atoms with Gasteiger partial charge in [0.25, 0.3) is 0 Å². The molecule has 1 atom stereocenters. The second kappa shape index (κ2) is 5.41. The van der Waals surface area contributed by atoms with E-state index in [2.05, 4.69) is 71.3 Å². The van der Waals surface area contributed by atoms with E-state index >= 15 is 0 Å². The molecule has 0 radical (unpaired) electrons. The maximum Gasteiger partial charge on any atom is 0.206 e. The van der Waals surface area contributed by atoms with Gasteiger partial charge in [0.2, 0.25) is 5.96 Å². The van der Waals surface area contributed by atoms with E-state index in [1.165, 1.54) is 16.9 Å². The average Bonchev–Trinajstić information content (AvgIpc) is 3.05. The van der Waals surface area contributed by atoms with Crippen molar-refractivity contribution in [3.8, 4) is 0 Å². The number of halogens is 1. The summed E-state index contributed by atoms with van der Waals surface area (Å²) in [5, 5.41) is 0. The number of hydrogen-bond acceptors (Lipinski definition) is 3. The molecule has 0 saturated carbocycles. The first kappa shape index (κ1) is 14.0. The van der Waals surface area contributed by atoms with Crippen LogP contribution < -0.4 is 9.80 Å². The second-order valence-corrected chi connectivity index (χ2v) is 5.20. The normalized spacial score (nSPS) is 18.9. The van der Waals surface area contributed by atoms with Gasteiger partial charge in [-0.3, -0.25) is 0 Å². The first-order chi connectivity index (χ1) is 9.88. The Balaban J connectivity index is 0.00000132. The minimum Gasteiger partial charge on any atom is -0.310 e. The third kappa shape index (κ3) is 2.09. The molecule has 1 unspecified atom stereocenters. The van der Waals surface area contributed by atoms with Crippen molar-refractivity contribution in [1.29, 1.82) is 0 Å². The Labute approximate surface area is 131 Å². The van der Waals surface area contributed by atoms with Gasteiger partial charge in [0.1, 0.15) is 0 Å². The lowest BCUT2D eigenvalue weighted by Crippen LogP contribution is -2.35. The fourth-order valence-electron chi connectivity index (χ4n) is 3.12. The van der Waals surface area contributed by atoms with Crippen LogP contribution in [0.25, 0.3) is 0 Å². The molecule has 2 aliphatic heterocycles. The van der Waals surface area contributed by atoms with Gasteiger partial charge in [0.05, 0.1) is 24.0 Å². The first-order valence-electron chi connectivity index (χ1n) is 7.15. The Hall–Kier alpha value is -2.00. The maximum absolute atomic E-state index is 4.96. The Morgan fingerprint density at radius 2 is 1.67 bits per heavy atom. The second-order valence-electron chi connectivity index (χ2n) is 5.20. The smallest absolute Gasteiger partial charge is 0.206 e. The van der Waals surface area contributed by atoms with Gasteiger partial charge in [-0.2, -0.15) is 0 Å². The largest absolute Gasteiger partial charge is 0.310 e. The summed E-state index contributed by atoms with van der Waals surface area (Å²) in [7, 11) is 0. The molecule has 2 aromatic rings. The zero-order valence-electron chi connectivity index (χ0n) is 11.9. The molecule has 3 nitrogen and oxygen atoms in total. The SMILES string of the molecule is CCN1C2=NC(c3ccccc3)CN2c2ccccc21.Cl. The summed E-state index contributed by atoms with van der Waals surface area (Å²) in [6.07, 6.45) is 0. The van der Waals surface area contributed by atoms with Crippen LogP contribution in [0.5, 0.6) is 0 Å². The summed E-state index contributed by atoms with van der Waals surface area (Å²) in [5.74, 6) is 1.10. The van der Waals surface area contributed by atoms with E-state index < -0.39 is 0 Å². The third-order valence-electron chi connectivity index (χ3n) is 4.07. The third-order valence-corrected chi connectivity index (χ3v) is 4.07. The summed E-state index contributed by atoms with van der Waals surface area (Å²) < 4.78 is 0. The zero-order valence-corrected chi connectivity index (χ0v) is 12.8. The fourth-order valence-corrected chi connectivity index (χ4v) is 3.12. The summed E-state index contributed by atoms with van der Waals surface area (Å²) in [4.78, 5) is 9.60. The molecule has 0 aliphatic carbocycles. The predicted molar refractivity (Wildman–Crippen MR) is 90.7 cm³/mol. The van der Waals surface area contributed by atoms with E-state index in [4.69, 9.17) is 4.99 Å². The first-order valence-corrected chi connectivity index (χ1v) is 7.15. The minimum atomic E-state index is 0. The zero-order chi connectivity index (χ0) is 13.5. The van der Waals surface area contributed by atoms with Crippen molar-refractivity contribution >= 4 is 29.7 Å². The van der Waals surface area contributed by atoms with E-state index in [9.17, 15) is 0 Å². The van der Waals surface area contributed by atoms with E-state index in [0.717, 1.165) is 19.0 Å². The fraction of sp³-hybridized carbons (Fsp3) is 0.235. The van der Waals surface area contributed by atoms with Gasteiger partial charge in [-0.15, -0.1) is 12.4 Å². The Morgan fingerprint density at radius 3 is 2.38 bits per heavy atom. The van der Waals surface area contributed by atoms with Gasteiger partial charge in [-0.25, -0.2) is 4.99 Å². The van der Waals surface area contributed by atoms with Crippen LogP contribution in [0.2, 0.25) is 0 Å². The quantitative estimate of drug-likeness (QED) is 0.838. The van der Waals surface area contributed by atoms with Crippen LogP contribution in [0.4, 0.5) is 11.4 Å². The lowest BCUT2D eigenvalue weighted by molar-refractivity contribution is 0.780. The molecule has 2 aliphatic rings. The van der Waals surface area contributed by atoms with Gasteiger partial charge >= 0.3 is 0 Å². The summed E-state index contributed by atoms with van der Waals surface area (Å²) >= 11 is 0. The van der Waals surface area contributed by atoms with Crippen molar-refractivity contribution in [3.63, 3.8) is 0 Å². The van der Waals surface area contributed by atoms with Crippen molar-refractivity contribution in [2.24, 2.45) is 4.99 Å². The molecule has 0 aromatic heterocycles. The van der Waals surface area contributed by atoms with Crippen molar-refractivity contribution in [3.05, 3.63) is 60.2 Å². The number of fused-ring (bicyclic) bond motifs is 3. The van der Waals surface area contributed by atoms with Gasteiger partial charge in [-0.1, -0.05) is 42.5 Å². The molecular weight excluding hydrogens is 282 g/mol. The molecule has 0 fully saturated rings. The van der Waals surface area contributed by atoms with Crippen LogP contribution in [-0.2, 0) is 0 Å². The highest BCUT2D eigenvalue weighted by Crippen LogP contribution is 2.41. The summed E-state index contributed by atoms with van der Waals surface area (Å²) in [5.41, 5.74) is 3.86. The topological polar surface area (TPSA) is 18.8 Å². The van der Waals surface area contributed by atoms with Crippen molar-refractivity contribution in [2.75, 3.05) is 22.9 Å². The lowest BCUT2D eigenvalue weighted by atomic mass is 10.1. The molecule has 4 rings (SSSR count). The predicted octanol–water partition coefficient (Wildman–Crippen LogP) is 3.87. The molecule has 21 heavy (non-hydrogen) atoms. The minimum absolute atomic E-state index is 0. The number of anilines is 2. The van der Waals surface area contributed by atoms with E-state index in [-0.39, 0.29) is 18.4 Å². The number of benzene rings is 2. The highest BCUT2D eigenvalue weighted by Gasteiger charge is 2.38. The van der Waals surface area contributed by atoms with Crippen LogP contribution in [-0.4, -0.2) is 19.0 Å². The highest BCUT2D eigenvalue weighted by atomic mass is 35.5. The number of para-hydroxylation sites is 2. The molecule has 108 valence electrons. The molecule has 0 N–H and O–H groups in total. The molecule has 4 heteroatoms. The maximum atomic E-state index is 4.96. The Bertz CT molecular complexity index is 669. The number of aliphatic imine (C=N–C) groups is 1. The standard InChI is InChI=1S/C17H17N3.ClH/c1-2-19-15-10-6-7-11-16(15)20-12-14(18-17(19)20)13-8-4-3-5-9-13;/h3-11,14H,2,12H2,1H3;1H. The van der Waals surface area contributed by atoms with E-state index in [1.807, 2.05) is 0 Å².